The highest BCUT2D eigenvalue weighted by Gasteiger charge is 2.37. The van der Waals surface area contributed by atoms with Gasteiger partial charge in [0.2, 0.25) is 5.78 Å². The van der Waals surface area contributed by atoms with E-state index in [4.69, 9.17) is 32.7 Å². The Balaban J connectivity index is 1.60. The molecule has 1 aliphatic heterocycles. The number of hydrogen-bond donors (Lipinski definition) is 0. The fourth-order valence-corrected chi connectivity index (χ4v) is 6.72. The Bertz CT molecular complexity index is 1870. The minimum Gasteiger partial charge on any atom is -0.497 e. The van der Waals surface area contributed by atoms with E-state index in [2.05, 4.69) is 10.5 Å². The monoisotopic (exact) mass is 555 g/mol. The number of ether oxygens (including phenoxy) is 2. The summed E-state index contributed by atoms with van der Waals surface area (Å²) in [5.74, 6) is 1.28. The van der Waals surface area contributed by atoms with Gasteiger partial charge in [0, 0.05) is 32.3 Å². The lowest BCUT2D eigenvalue weighted by atomic mass is 9.89. The van der Waals surface area contributed by atoms with Crippen molar-refractivity contribution in [3.8, 4) is 22.6 Å². The fourth-order valence-electron chi connectivity index (χ4n) is 5.20. The minimum absolute atomic E-state index is 0.0878. The summed E-state index contributed by atoms with van der Waals surface area (Å²) >= 11 is 14.4. The first-order chi connectivity index (χ1) is 18.5. The Morgan fingerprint density at radius 1 is 0.921 bits per heavy atom. The first kappa shape index (κ1) is 23.4. The number of ketones is 1. The quantitative estimate of drug-likeness (QED) is 0.204. The van der Waals surface area contributed by atoms with Crippen LogP contribution in [0.4, 0.5) is 0 Å². The van der Waals surface area contributed by atoms with Crippen LogP contribution >= 0.6 is 34.5 Å². The van der Waals surface area contributed by atoms with Crippen molar-refractivity contribution in [1.82, 2.24) is 4.40 Å². The first-order valence-corrected chi connectivity index (χ1v) is 13.6. The van der Waals surface area contributed by atoms with Gasteiger partial charge in [0.15, 0.2) is 6.10 Å². The molecule has 0 aliphatic carbocycles. The van der Waals surface area contributed by atoms with E-state index in [1.54, 1.807) is 42.7 Å². The normalized spacial score (nSPS) is 14.2. The summed E-state index contributed by atoms with van der Waals surface area (Å²) in [6.45, 7) is 0. The third-order valence-corrected chi connectivity index (χ3v) is 8.58. The molecular weight excluding hydrogens is 537 g/mol. The number of hydrogen-bond acceptors (Lipinski definition) is 4. The topological polar surface area (TPSA) is 39.9 Å². The van der Waals surface area contributed by atoms with Crippen LogP contribution in [0.15, 0.2) is 91.0 Å². The molecule has 4 nitrogen and oxygen atoms in total. The van der Waals surface area contributed by atoms with E-state index >= 15 is 0 Å². The van der Waals surface area contributed by atoms with Crippen LogP contribution in [0.25, 0.3) is 26.2 Å². The lowest BCUT2D eigenvalue weighted by Crippen LogP contribution is -2.16. The van der Waals surface area contributed by atoms with E-state index in [1.807, 2.05) is 60.7 Å². The molecule has 6 aromatic rings. The molecule has 0 fully saturated rings. The van der Waals surface area contributed by atoms with Crippen molar-refractivity contribution in [3.63, 3.8) is 0 Å². The Kier molecular flexibility index (Phi) is 5.48. The Labute approximate surface area is 232 Å². The lowest BCUT2D eigenvalue weighted by Gasteiger charge is -2.28. The molecule has 0 unspecified atom stereocenters. The van der Waals surface area contributed by atoms with Gasteiger partial charge in [0.25, 0.3) is 0 Å². The highest BCUT2D eigenvalue weighted by Crippen LogP contribution is 2.52. The van der Waals surface area contributed by atoms with E-state index < -0.39 is 6.10 Å². The van der Waals surface area contributed by atoms with Gasteiger partial charge in [-0.1, -0.05) is 47.5 Å². The summed E-state index contributed by atoms with van der Waals surface area (Å²) in [6, 6.07) is 28.6. The molecular formula is C31H19Cl2NO3S. The second-order valence-corrected chi connectivity index (χ2v) is 11.0. The minimum atomic E-state index is -0.434. The van der Waals surface area contributed by atoms with Crippen LogP contribution in [0.3, 0.4) is 0 Å². The van der Waals surface area contributed by atoms with Crippen LogP contribution in [-0.2, 0) is 0 Å². The average molecular weight is 556 g/mol. The number of rotatable bonds is 4. The van der Waals surface area contributed by atoms with Gasteiger partial charge in [0.1, 0.15) is 22.0 Å². The number of methoxy groups -OCH3 is 1. The maximum absolute atomic E-state index is 14.4. The number of halogens is 2. The Morgan fingerprint density at radius 2 is 1.66 bits per heavy atom. The largest absolute Gasteiger partial charge is 0.497 e. The van der Waals surface area contributed by atoms with Gasteiger partial charge >= 0.3 is 0 Å². The van der Waals surface area contributed by atoms with Crippen molar-refractivity contribution in [2.24, 2.45) is 0 Å². The molecule has 2 aromatic heterocycles. The van der Waals surface area contributed by atoms with Gasteiger partial charge in [-0.05, 0) is 72.3 Å². The van der Waals surface area contributed by atoms with E-state index in [0.29, 0.717) is 32.8 Å². The molecule has 38 heavy (non-hydrogen) atoms. The Morgan fingerprint density at radius 3 is 2.42 bits per heavy atom. The molecule has 7 heteroatoms. The average Bonchev–Trinajstić information content (AvgIpc) is 3.48. The van der Waals surface area contributed by atoms with Crippen LogP contribution in [0.2, 0.25) is 10.0 Å². The number of carbonyl (C=O) groups excluding carboxylic acids is 1. The molecule has 0 saturated heterocycles. The summed E-state index contributed by atoms with van der Waals surface area (Å²) in [5.41, 5.74) is 5.66. The first-order valence-electron chi connectivity index (χ1n) is 12.0. The zero-order valence-corrected chi connectivity index (χ0v) is 22.4. The molecule has 1 aliphatic rings. The Hall–Kier alpha value is -3.77. The number of nitrogens with zero attached hydrogens (tertiary/aromatic N) is 1. The number of fused-ring (bicyclic) bond motifs is 7. The third kappa shape index (κ3) is 3.54. The van der Waals surface area contributed by atoms with Gasteiger partial charge in [-0.25, -0.2) is 0 Å². The molecule has 7 rings (SSSR count). The molecule has 3 heterocycles. The van der Waals surface area contributed by atoms with Crippen LogP contribution in [0.5, 0.6) is 11.5 Å². The molecule has 186 valence electrons. The molecule has 0 N–H and O–H groups in total. The maximum atomic E-state index is 14.4. The van der Waals surface area contributed by atoms with E-state index in [1.165, 1.54) is 0 Å². The van der Waals surface area contributed by atoms with E-state index in [0.717, 1.165) is 37.3 Å². The van der Waals surface area contributed by atoms with Crippen molar-refractivity contribution in [3.05, 3.63) is 123 Å². The number of para-hydroxylation sites is 1. The number of carbonyl (C=O) groups is 1. The molecule has 0 spiro atoms. The van der Waals surface area contributed by atoms with E-state index in [-0.39, 0.29) is 5.78 Å². The number of thiazole rings is 1. The molecule has 0 radical (unpaired) electrons. The van der Waals surface area contributed by atoms with Gasteiger partial charge in [-0.2, -0.15) is 0 Å². The van der Waals surface area contributed by atoms with Crippen LogP contribution in [0, 0.1) is 0 Å². The van der Waals surface area contributed by atoms with Gasteiger partial charge in [-0.3, -0.25) is 9.20 Å². The molecule has 4 aromatic carbocycles. The highest BCUT2D eigenvalue weighted by atomic mass is 35.5. The summed E-state index contributed by atoms with van der Waals surface area (Å²) in [7, 11) is 1.61. The molecule has 0 amide bonds. The SMILES string of the molecule is COc1ccc(C(=O)c2c3c(c4sc5ccccc5n24)[C@H](c2ccc(Cl)cc2)Oc2ccc(Cl)cc2-3)cc1. The maximum Gasteiger partial charge on any atom is 0.210 e. The van der Waals surface area contributed by atoms with Crippen LogP contribution in [0.1, 0.15) is 33.3 Å². The fraction of sp³-hybridized carbons (Fsp3) is 0.0645. The highest BCUT2D eigenvalue weighted by molar-refractivity contribution is 7.24. The van der Waals surface area contributed by atoms with Crippen molar-refractivity contribution >= 4 is 55.4 Å². The van der Waals surface area contributed by atoms with Gasteiger partial charge < -0.3 is 9.47 Å². The van der Waals surface area contributed by atoms with Crippen molar-refractivity contribution in [2.75, 3.05) is 7.11 Å². The van der Waals surface area contributed by atoms with Crippen LogP contribution in [-0.4, -0.2) is 17.3 Å². The van der Waals surface area contributed by atoms with Gasteiger partial charge in [-0.15, -0.1) is 11.3 Å². The van der Waals surface area contributed by atoms with Gasteiger partial charge in [0.05, 0.1) is 17.3 Å². The molecule has 0 saturated carbocycles. The standard InChI is InChI=1S/C31H19Cl2NO3S/c1-36-21-13-8-17(9-14-21)29(35)28-26-22-16-20(33)12-15-24(22)37-30(18-6-10-19(32)11-7-18)27(26)31-34(28)23-4-2-3-5-25(23)38-31/h2-16,30H,1H3/t30-/m0/s1. The second kappa shape index (κ2) is 8.91. The predicted molar refractivity (Wildman–Crippen MR) is 154 cm³/mol. The lowest BCUT2D eigenvalue weighted by molar-refractivity contribution is 0.103. The number of benzene rings is 4. The number of aromatic nitrogens is 1. The smallest absolute Gasteiger partial charge is 0.210 e. The zero-order chi connectivity index (χ0) is 26.0. The second-order valence-electron chi connectivity index (χ2n) is 9.10. The van der Waals surface area contributed by atoms with Crippen molar-refractivity contribution in [2.45, 2.75) is 6.10 Å². The summed E-state index contributed by atoms with van der Waals surface area (Å²) in [4.78, 5) is 15.3. The van der Waals surface area contributed by atoms with Crippen molar-refractivity contribution in [1.29, 1.82) is 0 Å². The van der Waals surface area contributed by atoms with Crippen molar-refractivity contribution < 1.29 is 14.3 Å². The summed E-state index contributed by atoms with van der Waals surface area (Å²) < 4.78 is 15.1. The predicted octanol–water partition coefficient (Wildman–Crippen LogP) is 8.85. The third-order valence-electron chi connectivity index (χ3n) is 6.93. The van der Waals surface area contributed by atoms with Crippen LogP contribution < -0.4 is 9.47 Å². The molecule has 0 bridgehead atoms. The molecule has 1 atom stereocenters. The summed E-state index contributed by atoms with van der Waals surface area (Å²) in [6.07, 6.45) is -0.434. The van der Waals surface area contributed by atoms with E-state index in [9.17, 15) is 4.79 Å². The zero-order valence-electron chi connectivity index (χ0n) is 20.1. The summed E-state index contributed by atoms with van der Waals surface area (Å²) in [5, 5.41) is 1.22.